The minimum Gasteiger partial charge on any atom is -0.358 e. The van der Waals surface area contributed by atoms with E-state index in [-0.39, 0.29) is 18.9 Å². The number of carbonyl (C=O) groups is 1. The van der Waals surface area contributed by atoms with Gasteiger partial charge < -0.3 is 9.47 Å². The van der Waals surface area contributed by atoms with Crippen LogP contribution >= 0.6 is 0 Å². The summed E-state index contributed by atoms with van der Waals surface area (Å²) in [6.45, 7) is 13.2. The molecule has 0 N–H and O–H groups in total. The van der Waals surface area contributed by atoms with Gasteiger partial charge in [0.05, 0.1) is 36.4 Å². The van der Waals surface area contributed by atoms with E-state index < -0.39 is 5.92 Å². The topological polar surface area (TPSA) is 38.1 Å². The largest absolute Gasteiger partial charge is 0.358 e. The van der Waals surface area contributed by atoms with E-state index in [1.165, 1.54) is 18.1 Å². The van der Waals surface area contributed by atoms with Crippen molar-refractivity contribution in [3.8, 4) is 11.4 Å². The third-order valence-corrected chi connectivity index (χ3v) is 4.80. The molecule has 0 amide bonds. The number of rotatable bonds is 3. The molecule has 6 heteroatoms. The van der Waals surface area contributed by atoms with Crippen molar-refractivity contribution in [3.05, 3.63) is 71.5 Å². The number of benzene rings is 1. The Morgan fingerprint density at radius 3 is 1.91 bits per heavy atom. The molecule has 1 aromatic carbocycles. The SMILES string of the molecule is CC.CC.CC(=O)c1cc(-c2ccc(N3CC(F)(F)C3)cn2)n(C)c1.Cc1cccc(C)c1. The van der Waals surface area contributed by atoms with Gasteiger partial charge in [-0.2, -0.15) is 0 Å². The molecule has 0 saturated carbocycles. The number of hydrogen-bond acceptors (Lipinski definition) is 3. The summed E-state index contributed by atoms with van der Waals surface area (Å²) in [6.07, 6.45) is 3.34. The molecule has 0 aliphatic carbocycles. The molecule has 3 aromatic rings. The van der Waals surface area contributed by atoms with E-state index >= 15 is 0 Å². The van der Waals surface area contributed by atoms with Crippen LogP contribution in [0.2, 0.25) is 0 Å². The maximum atomic E-state index is 12.9. The van der Waals surface area contributed by atoms with E-state index in [2.05, 4.69) is 43.1 Å². The smallest absolute Gasteiger partial charge is 0.282 e. The molecule has 180 valence electrons. The highest BCUT2D eigenvalue weighted by Gasteiger charge is 2.43. The molecule has 1 aliphatic rings. The summed E-state index contributed by atoms with van der Waals surface area (Å²) in [5.41, 5.74) is 5.52. The zero-order valence-corrected chi connectivity index (χ0v) is 21.1. The second kappa shape index (κ2) is 12.9. The van der Waals surface area contributed by atoms with Gasteiger partial charge in [0, 0.05) is 18.8 Å². The Bertz CT molecular complexity index is 985. The Morgan fingerprint density at radius 1 is 0.970 bits per heavy atom. The Hall–Kier alpha value is -3.02. The lowest BCUT2D eigenvalue weighted by atomic mass is 10.1. The summed E-state index contributed by atoms with van der Waals surface area (Å²) in [4.78, 5) is 17.3. The van der Waals surface area contributed by atoms with Crippen LogP contribution < -0.4 is 4.90 Å². The molecule has 0 radical (unpaired) electrons. The highest BCUT2D eigenvalue weighted by atomic mass is 19.3. The minimum atomic E-state index is -2.59. The van der Waals surface area contributed by atoms with Crippen molar-refractivity contribution in [2.24, 2.45) is 7.05 Å². The van der Waals surface area contributed by atoms with Crippen LogP contribution in [-0.4, -0.2) is 34.3 Å². The van der Waals surface area contributed by atoms with Gasteiger partial charge in [0.25, 0.3) is 5.92 Å². The fraction of sp³-hybridized carbons (Fsp3) is 0.407. The van der Waals surface area contributed by atoms with Crippen LogP contribution in [0.3, 0.4) is 0 Å². The summed E-state index contributed by atoms with van der Waals surface area (Å²) >= 11 is 0. The standard InChI is InChI=1S/C15H15F2N3O.C8H10.2C2H6/c1-10(21)11-5-14(19(2)7-11)13-4-3-12(6-18-13)20-8-15(16,17)9-20;1-7-4-3-5-8(2)6-7;2*1-2/h3-7H,8-9H2,1-2H3;3-6H,1-2H3;2*1-2H3. The van der Waals surface area contributed by atoms with Crippen molar-refractivity contribution in [1.29, 1.82) is 0 Å². The quantitative estimate of drug-likeness (QED) is 0.394. The predicted octanol–water partition coefficient (Wildman–Crippen LogP) is 7.10. The molecule has 3 heterocycles. The number of ketones is 1. The van der Waals surface area contributed by atoms with E-state index in [0.717, 1.165) is 5.69 Å². The maximum absolute atomic E-state index is 12.9. The lowest BCUT2D eigenvalue weighted by molar-refractivity contribution is -0.0262. The highest BCUT2D eigenvalue weighted by Crippen LogP contribution is 2.32. The first kappa shape index (κ1) is 28.0. The summed E-state index contributed by atoms with van der Waals surface area (Å²) < 4.78 is 27.5. The third-order valence-electron chi connectivity index (χ3n) is 4.80. The third kappa shape index (κ3) is 8.12. The van der Waals surface area contributed by atoms with E-state index in [0.29, 0.717) is 16.9 Å². The number of anilines is 1. The van der Waals surface area contributed by atoms with Gasteiger partial charge in [-0.15, -0.1) is 0 Å². The second-order valence-corrected chi connectivity index (χ2v) is 7.55. The van der Waals surface area contributed by atoms with Crippen LogP contribution in [0.15, 0.2) is 54.9 Å². The van der Waals surface area contributed by atoms with Crippen LogP contribution in [0.4, 0.5) is 14.5 Å². The monoisotopic (exact) mass is 457 g/mol. The van der Waals surface area contributed by atoms with Gasteiger partial charge in [-0.1, -0.05) is 63.1 Å². The van der Waals surface area contributed by atoms with E-state index in [9.17, 15) is 13.6 Å². The van der Waals surface area contributed by atoms with Crippen molar-refractivity contribution in [3.63, 3.8) is 0 Å². The fourth-order valence-corrected chi connectivity index (χ4v) is 3.24. The molecule has 0 atom stereocenters. The Kier molecular flexibility index (Phi) is 10.9. The Labute approximate surface area is 197 Å². The zero-order valence-electron chi connectivity index (χ0n) is 21.1. The number of halogens is 2. The number of aryl methyl sites for hydroxylation is 3. The molecule has 2 aromatic heterocycles. The van der Waals surface area contributed by atoms with Gasteiger partial charge >= 0.3 is 0 Å². The summed E-state index contributed by atoms with van der Waals surface area (Å²) in [5.74, 6) is -2.59. The van der Waals surface area contributed by atoms with Crippen molar-refractivity contribution < 1.29 is 13.6 Å². The minimum absolute atomic E-state index is 0.00344. The first-order chi connectivity index (χ1) is 15.6. The van der Waals surface area contributed by atoms with Gasteiger partial charge in [-0.3, -0.25) is 9.78 Å². The molecular formula is C27H37F2N3O. The Morgan fingerprint density at radius 2 is 1.55 bits per heavy atom. The summed E-state index contributed by atoms with van der Waals surface area (Å²) in [5, 5.41) is 0. The molecule has 1 fully saturated rings. The first-order valence-corrected chi connectivity index (χ1v) is 11.4. The van der Waals surface area contributed by atoms with Gasteiger partial charge in [0.15, 0.2) is 5.78 Å². The van der Waals surface area contributed by atoms with Crippen LogP contribution in [0, 0.1) is 13.8 Å². The molecule has 0 spiro atoms. The molecule has 4 rings (SSSR count). The fourth-order valence-electron chi connectivity index (χ4n) is 3.24. The van der Waals surface area contributed by atoms with Gasteiger partial charge in [0.2, 0.25) is 0 Å². The highest BCUT2D eigenvalue weighted by molar-refractivity contribution is 5.95. The lowest BCUT2D eigenvalue weighted by Crippen LogP contribution is -2.56. The number of pyridine rings is 1. The van der Waals surface area contributed by atoms with E-state index in [1.54, 1.807) is 35.5 Å². The number of carbonyl (C=O) groups excluding carboxylic acids is 1. The number of Topliss-reactive ketones (excluding diaryl/α,β-unsaturated/α-hetero) is 1. The number of nitrogens with zero attached hydrogens (tertiary/aromatic N) is 3. The van der Waals surface area contributed by atoms with Crippen LogP contribution in [0.5, 0.6) is 0 Å². The second-order valence-electron chi connectivity index (χ2n) is 7.55. The van der Waals surface area contributed by atoms with Crippen LogP contribution in [0.25, 0.3) is 11.4 Å². The lowest BCUT2D eigenvalue weighted by Gasteiger charge is -2.40. The molecule has 1 aliphatic heterocycles. The van der Waals surface area contributed by atoms with Crippen molar-refractivity contribution in [2.75, 3.05) is 18.0 Å². The van der Waals surface area contributed by atoms with Crippen LogP contribution in [0.1, 0.15) is 56.1 Å². The number of hydrogen-bond donors (Lipinski definition) is 0. The first-order valence-electron chi connectivity index (χ1n) is 11.4. The zero-order chi connectivity index (χ0) is 25.2. The van der Waals surface area contributed by atoms with Crippen molar-refractivity contribution in [2.45, 2.75) is 54.4 Å². The summed E-state index contributed by atoms with van der Waals surface area (Å²) in [7, 11) is 1.84. The van der Waals surface area contributed by atoms with Crippen molar-refractivity contribution >= 4 is 11.5 Å². The predicted molar refractivity (Wildman–Crippen MR) is 134 cm³/mol. The van der Waals surface area contributed by atoms with E-state index in [4.69, 9.17) is 0 Å². The van der Waals surface area contributed by atoms with E-state index in [1.807, 2.05) is 39.3 Å². The normalized spacial score (nSPS) is 13.2. The van der Waals surface area contributed by atoms with Gasteiger partial charge in [-0.05, 0) is 39.0 Å². The number of alkyl halides is 2. The van der Waals surface area contributed by atoms with Crippen LogP contribution in [-0.2, 0) is 7.05 Å². The average molecular weight is 458 g/mol. The maximum Gasteiger partial charge on any atom is 0.282 e. The summed E-state index contributed by atoms with van der Waals surface area (Å²) in [6, 6.07) is 13.8. The van der Waals surface area contributed by atoms with Gasteiger partial charge in [-0.25, -0.2) is 8.78 Å². The molecule has 0 unspecified atom stereocenters. The Balaban J connectivity index is 0.000000380. The molecule has 1 saturated heterocycles. The average Bonchev–Trinajstić information content (AvgIpc) is 3.17. The number of aromatic nitrogens is 2. The van der Waals surface area contributed by atoms with Gasteiger partial charge in [0.1, 0.15) is 0 Å². The van der Waals surface area contributed by atoms with Crippen molar-refractivity contribution in [1.82, 2.24) is 9.55 Å². The molecule has 4 nitrogen and oxygen atoms in total. The molecule has 33 heavy (non-hydrogen) atoms. The molecular weight excluding hydrogens is 420 g/mol. The molecule has 0 bridgehead atoms.